The third kappa shape index (κ3) is 12.5. The summed E-state index contributed by atoms with van der Waals surface area (Å²) in [5.41, 5.74) is 0.448. The second kappa shape index (κ2) is 19.5. The van der Waals surface area contributed by atoms with E-state index < -0.39 is 96.9 Å². The van der Waals surface area contributed by atoms with E-state index in [2.05, 4.69) is 21.3 Å². The van der Waals surface area contributed by atoms with Gasteiger partial charge in [-0.1, -0.05) is 47.6 Å². The zero-order valence-electron chi connectivity index (χ0n) is 29.4. The van der Waals surface area contributed by atoms with Gasteiger partial charge in [-0.2, -0.15) is 0 Å². The number of carbonyl (C=O) groups is 5. The first-order chi connectivity index (χ1) is 23.4. The summed E-state index contributed by atoms with van der Waals surface area (Å²) in [4.78, 5) is 62.9. The molecule has 1 heterocycles. The Bertz CT molecular complexity index is 1320. The molecule has 0 saturated carbocycles. The molecule has 0 aromatic heterocycles. The number of aliphatic hydroxyl groups is 4. The van der Waals surface area contributed by atoms with E-state index in [0.29, 0.717) is 5.56 Å². The lowest BCUT2D eigenvalue weighted by atomic mass is 9.99. The molecule has 1 aromatic carbocycles. The van der Waals surface area contributed by atoms with Crippen LogP contribution in [-0.2, 0) is 40.1 Å². The maximum Gasteiger partial charge on any atom is 0.308 e. The largest absolute Gasteiger partial charge is 0.481 e. The van der Waals surface area contributed by atoms with Gasteiger partial charge in [0.25, 0.3) is 0 Å². The van der Waals surface area contributed by atoms with Crippen molar-refractivity contribution in [1.82, 2.24) is 16.0 Å². The van der Waals surface area contributed by atoms with Crippen LogP contribution in [0.1, 0.15) is 66.9 Å². The van der Waals surface area contributed by atoms with Crippen molar-refractivity contribution < 1.29 is 63.7 Å². The van der Waals surface area contributed by atoms with Crippen molar-refractivity contribution in [3.8, 4) is 5.75 Å². The normalized spacial score (nSPS) is 22.4. The highest BCUT2D eigenvalue weighted by Gasteiger charge is 2.45. The fourth-order valence-electron chi connectivity index (χ4n) is 4.83. The Morgan fingerprint density at radius 2 is 1.54 bits per heavy atom. The maximum atomic E-state index is 13.3. The van der Waals surface area contributed by atoms with Gasteiger partial charge in [0.2, 0.25) is 24.0 Å². The summed E-state index contributed by atoms with van der Waals surface area (Å²) in [5, 5.41) is 60.4. The number of aliphatic carboxylic acids is 1. The van der Waals surface area contributed by atoms with Crippen LogP contribution < -0.4 is 26.0 Å². The van der Waals surface area contributed by atoms with Crippen molar-refractivity contribution in [1.29, 1.82) is 0 Å². The summed E-state index contributed by atoms with van der Waals surface area (Å²) >= 11 is 0. The van der Waals surface area contributed by atoms with E-state index in [0.717, 1.165) is 0 Å². The average molecular weight is 713 g/mol. The number of carboxylic acids is 1. The topological polar surface area (TPSA) is 262 Å². The number of hydrogen-bond acceptors (Lipinski definition) is 13. The van der Waals surface area contributed by atoms with E-state index in [1.165, 1.54) is 25.1 Å². The van der Waals surface area contributed by atoms with Crippen LogP contribution >= 0.6 is 0 Å². The number of benzene rings is 1. The average Bonchev–Trinajstić information content (AvgIpc) is 3.04. The van der Waals surface area contributed by atoms with Crippen LogP contribution in [-0.4, -0.2) is 117 Å². The summed E-state index contributed by atoms with van der Waals surface area (Å²) in [6.07, 6.45) is -8.29. The lowest BCUT2D eigenvalue weighted by Gasteiger charge is -2.39. The number of anilines is 1. The van der Waals surface area contributed by atoms with Crippen LogP contribution in [0.25, 0.3) is 0 Å². The first-order valence-corrected chi connectivity index (χ1v) is 16.5. The second-order valence-corrected chi connectivity index (χ2v) is 13.2. The molecule has 0 radical (unpaired) electrons. The highest BCUT2D eigenvalue weighted by Crippen LogP contribution is 2.31. The minimum Gasteiger partial charge on any atom is -0.481 e. The fourth-order valence-corrected chi connectivity index (χ4v) is 4.83. The van der Waals surface area contributed by atoms with Crippen molar-refractivity contribution in [3.63, 3.8) is 0 Å². The molecule has 50 heavy (non-hydrogen) atoms. The van der Waals surface area contributed by atoms with Crippen molar-refractivity contribution in [3.05, 3.63) is 23.8 Å². The molecule has 1 aliphatic heterocycles. The second-order valence-electron chi connectivity index (χ2n) is 13.2. The van der Waals surface area contributed by atoms with Gasteiger partial charge in [-0.05, 0) is 37.0 Å². The maximum absolute atomic E-state index is 13.3. The summed E-state index contributed by atoms with van der Waals surface area (Å²) in [6.45, 7) is 10.8. The number of ether oxygens (including phenoxy) is 3. The molecule has 17 heteroatoms. The van der Waals surface area contributed by atoms with Gasteiger partial charge in [-0.15, -0.1) is 0 Å². The van der Waals surface area contributed by atoms with Crippen LogP contribution in [0.4, 0.5) is 5.69 Å². The van der Waals surface area contributed by atoms with Gasteiger partial charge in [-0.3, -0.25) is 24.0 Å². The Morgan fingerprint density at radius 3 is 2.10 bits per heavy atom. The highest BCUT2D eigenvalue weighted by atomic mass is 16.7. The third-order valence-electron chi connectivity index (χ3n) is 7.74. The van der Waals surface area contributed by atoms with Crippen LogP contribution in [0.2, 0.25) is 0 Å². The van der Waals surface area contributed by atoms with Crippen molar-refractivity contribution in [2.24, 2.45) is 11.8 Å². The molecule has 9 N–H and O–H groups in total. The number of amides is 3. The van der Waals surface area contributed by atoms with E-state index in [9.17, 15) is 44.4 Å². The number of rotatable bonds is 18. The Balaban J connectivity index is 2.25. The van der Waals surface area contributed by atoms with Crippen LogP contribution in [0, 0.1) is 11.8 Å². The number of hydrogen-bond donors (Lipinski definition) is 9. The number of carbonyl (C=O) groups excluding carboxylic acids is 4. The lowest BCUT2D eigenvalue weighted by molar-refractivity contribution is -0.277. The number of nitrogens with one attached hydrogen (secondary N) is 4. The SMILES string of the molecule is CC(C)N[C@@H](CCC(=O)O)C(=O)N[C@H](C(=O)N[C@@H](C)C(=O)Nc1ccc(COC(=O)C(C)C)cc1O[C@@H]1O[C@H](CO)[C@@H](O)[C@H](O)[C@H]1O)C(C)C. The molecule has 0 spiro atoms. The molecule has 0 bridgehead atoms. The predicted molar refractivity (Wildman–Crippen MR) is 177 cm³/mol. The van der Waals surface area contributed by atoms with E-state index in [-0.39, 0.29) is 36.9 Å². The Morgan fingerprint density at radius 1 is 0.880 bits per heavy atom. The summed E-state index contributed by atoms with van der Waals surface area (Å²) < 4.78 is 16.5. The predicted octanol–water partition coefficient (Wildman–Crippen LogP) is -0.620. The fraction of sp³-hybridized carbons (Fsp3) is 0.667. The van der Waals surface area contributed by atoms with Crippen molar-refractivity contribution >= 4 is 35.3 Å². The highest BCUT2D eigenvalue weighted by molar-refractivity contribution is 5.99. The molecule has 1 aromatic rings. The van der Waals surface area contributed by atoms with Gasteiger partial charge in [-0.25, -0.2) is 0 Å². The van der Waals surface area contributed by atoms with Crippen molar-refractivity contribution in [2.75, 3.05) is 11.9 Å². The first-order valence-electron chi connectivity index (χ1n) is 16.5. The van der Waals surface area contributed by atoms with E-state index in [1.54, 1.807) is 41.5 Å². The molecule has 8 atom stereocenters. The molecule has 3 amide bonds. The van der Waals surface area contributed by atoms with E-state index in [1.807, 2.05) is 0 Å². The van der Waals surface area contributed by atoms with Crippen LogP contribution in [0.3, 0.4) is 0 Å². The quantitative estimate of drug-likeness (QED) is 0.0860. The molecule has 2 rings (SSSR count). The Hall–Kier alpha value is -3.87. The van der Waals surface area contributed by atoms with Crippen molar-refractivity contribution in [2.45, 2.75) is 123 Å². The number of carboxylic acid groups (broad SMARTS) is 1. The molecule has 0 aliphatic carbocycles. The molecule has 1 saturated heterocycles. The minimum atomic E-state index is -1.76. The molecule has 17 nitrogen and oxygen atoms in total. The molecule has 0 unspecified atom stereocenters. The minimum absolute atomic E-state index is 0.00291. The molecule has 1 aliphatic rings. The van der Waals surface area contributed by atoms with Gasteiger partial charge in [0, 0.05) is 12.5 Å². The smallest absolute Gasteiger partial charge is 0.308 e. The monoisotopic (exact) mass is 712 g/mol. The number of aliphatic hydroxyl groups excluding tert-OH is 4. The standard InChI is InChI=1S/C33H52N4O13/c1-15(2)25(37-30(45)21(34-17(5)6)10-11-24(39)40)31(46)35-18(7)29(44)36-20-9-8-19(14-48-32(47)16(3)4)12-22(20)49-33-28(43)27(42)26(41)23(13-38)50-33/h8-9,12,15-18,21,23,25-28,33-34,38,41-43H,10-11,13-14H2,1-7H3,(H,35,46)(H,36,44)(H,37,45)(H,39,40)/t18-,21-,23+,25-,26+,27-,28+,33+/m0/s1. The van der Waals surface area contributed by atoms with Gasteiger partial charge >= 0.3 is 11.9 Å². The molecular formula is C33H52N4O13. The Labute approximate surface area is 291 Å². The Kier molecular flexibility index (Phi) is 16.5. The summed E-state index contributed by atoms with van der Waals surface area (Å²) in [5.74, 6) is -4.40. The van der Waals surface area contributed by atoms with E-state index in [4.69, 9.17) is 19.3 Å². The summed E-state index contributed by atoms with van der Waals surface area (Å²) in [7, 11) is 0. The number of esters is 1. The zero-order chi connectivity index (χ0) is 37.9. The van der Waals surface area contributed by atoms with Gasteiger partial charge in [0.05, 0.1) is 24.3 Å². The molecular weight excluding hydrogens is 660 g/mol. The van der Waals surface area contributed by atoms with E-state index >= 15 is 0 Å². The van der Waals surface area contributed by atoms with Gasteiger partial charge in [0.15, 0.2) is 0 Å². The first kappa shape index (κ1) is 42.3. The third-order valence-corrected chi connectivity index (χ3v) is 7.74. The zero-order valence-corrected chi connectivity index (χ0v) is 29.4. The van der Waals surface area contributed by atoms with Crippen LogP contribution in [0.15, 0.2) is 18.2 Å². The van der Waals surface area contributed by atoms with Gasteiger partial charge in [0.1, 0.15) is 48.9 Å². The molecule has 282 valence electrons. The molecule has 1 fully saturated rings. The van der Waals surface area contributed by atoms with Gasteiger partial charge < -0.3 is 61.0 Å². The van der Waals surface area contributed by atoms with Crippen LogP contribution in [0.5, 0.6) is 5.75 Å². The lowest BCUT2D eigenvalue weighted by Crippen LogP contribution is -2.60. The summed E-state index contributed by atoms with van der Waals surface area (Å²) in [6, 6.07) is 1.09.